The summed E-state index contributed by atoms with van der Waals surface area (Å²) in [6.45, 7) is 0. The maximum atomic E-state index is 11.2. The minimum Gasteiger partial charge on any atom is -0.497 e. The predicted octanol–water partition coefficient (Wildman–Crippen LogP) is 2.81. The van der Waals surface area contributed by atoms with Crippen LogP contribution in [0.2, 0.25) is 0 Å². The smallest absolute Gasteiger partial charge is 0.131 e. The number of aliphatic hydroxyl groups is 1. The Hall–Kier alpha value is -2.77. The van der Waals surface area contributed by atoms with Gasteiger partial charge in [0, 0.05) is 5.92 Å². The summed E-state index contributed by atoms with van der Waals surface area (Å²) in [4.78, 5) is 0. The number of benzene rings is 2. The highest BCUT2D eigenvalue weighted by Crippen LogP contribution is 2.48. The normalized spacial score (nSPS) is 23.6. The molecule has 4 heteroatoms. The van der Waals surface area contributed by atoms with E-state index in [1.807, 2.05) is 30.3 Å². The van der Waals surface area contributed by atoms with E-state index in [0.717, 1.165) is 5.56 Å². The first-order chi connectivity index (χ1) is 11.1. The fraction of sp³-hybridized carbons (Fsp3) is 0.211. The standard InChI is InChI=1S/C19H18N2O2/c1-23-15-9-7-14(8-10-15)19(22)11-16(17(12-20)18(19)21)13-5-3-2-4-6-13/h2-10,16,22H,11,21H2,1H3/t16-,19+/m1/s1. The van der Waals surface area contributed by atoms with Gasteiger partial charge in [-0.05, 0) is 29.7 Å². The van der Waals surface area contributed by atoms with E-state index in [2.05, 4.69) is 6.07 Å². The Morgan fingerprint density at radius 3 is 2.39 bits per heavy atom. The lowest BCUT2D eigenvalue weighted by atomic mass is 9.86. The molecule has 0 unspecified atom stereocenters. The van der Waals surface area contributed by atoms with Crippen LogP contribution in [0.5, 0.6) is 5.75 Å². The highest BCUT2D eigenvalue weighted by molar-refractivity contribution is 5.51. The summed E-state index contributed by atoms with van der Waals surface area (Å²) in [5, 5.41) is 20.7. The van der Waals surface area contributed by atoms with Gasteiger partial charge in [0.2, 0.25) is 0 Å². The maximum absolute atomic E-state index is 11.2. The summed E-state index contributed by atoms with van der Waals surface area (Å²) < 4.78 is 5.15. The zero-order valence-corrected chi connectivity index (χ0v) is 12.9. The number of methoxy groups -OCH3 is 1. The van der Waals surface area contributed by atoms with Crippen LogP contribution < -0.4 is 10.5 Å². The van der Waals surface area contributed by atoms with Crippen molar-refractivity contribution in [2.24, 2.45) is 5.73 Å². The van der Waals surface area contributed by atoms with Gasteiger partial charge in [0.25, 0.3) is 0 Å². The number of hydrogen-bond donors (Lipinski definition) is 2. The van der Waals surface area contributed by atoms with Crippen LogP contribution in [0, 0.1) is 11.3 Å². The van der Waals surface area contributed by atoms with Crippen LogP contribution in [0.3, 0.4) is 0 Å². The molecule has 1 aliphatic rings. The third-order valence-corrected chi connectivity index (χ3v) is 4.47. The number of nitriles is 1. The zero-order chi connectivity index (χ0) is 16.4. The van der Waals surface area contributed by atoms with Gasteiger partial charge in [0.05, 0.1) is 24.4 Å². The fourth-order valence-electron chi connectivity index (χ4n) is 3.17. The van der Waals surface area contributed by atoms with Gasteiger partial charge in [-0.2, -0.15) is 5.26 Å². The molecule has 0 amide bonds. The molecule has 3 N–H and O–H groups in total. The molecule has 2 aromatic rings. The average molecular weight is 306 g/mol. The molecule has 2 aromatic carbocycles. The molecule has 0 aliphatic heterocycles. The molecule has 3 rings (SSSR count). The van der Waals surface area contributed by atoms with Crippen molar-refractivity contribution in [2.45, 2.75) is 17.9 Å². The van der Waals surface area contributed by atoms with Crippen LogP contribution in [-0.4, -0.2) is 12.2 Å². The predicted molar refractivity (Wildman–Crippen MR) is 87.5 cm³/mol. The Morgan fingerprint density at radius 1 is 1.17 bits per heavy atom. The molecule has 0 saturated carbocycles. The first-order valence-corrected chi connectivity index (χ1v) is 7.42. The molecule has 0 aromatic heterocycles. The average Bonchev–Trinajstić information content (AvgIpc) is 2.88. The molecule has 116 valence electrons. The molecule has 0 heterocycles. The lowest BCUT2D eigenvalue weighted by molar-refractivity contribution is 0.0724. The molecular weight excluding hydrogens is 288 g/mol. The summed E-state index contributed by atoms with van der Waals surface area (Å²) in [5.74, 6) is 0.506. The van der Waals surface area contributed by atoms with Crippen molar-refractivity contribution in [3.05, 3.63) is 77.0 Å². The number of ether oxygens (including phenoxy) is 1. The molecule has 4 nitrogen and oxygen atoms in total. The van der Waals surface area contributed by atoms with Gasteiger partial charge < -0.3 is 15.6 Å². The third kappa shape index (κ3) is 2.45. The van der Waals surface area contributed by atoms with Gasteiger partial charge >= 0.3 is 0 Å². The van der Waals surface area contributed by atoms with Crippen molar-refractivity contribution in [1.29, 1.82) is 5.26 Å². The van der Waals surface area contributed by atoms with Gasteiger partial charge in [-0.15, -0.1) is 0 Å². The van der Waals surface area contributed by atoms with Crippen LogP contribution in [0.4, 0.5) is 0 Å². The Labute approximate surface area is 135 Å². The second kappa shape index (κ2) is 5.79. The van der Waals surface area contributed by atoms with Crippen LogP contribution >= 0.6 is 0 Å². The van der Waals surface area contributed by atoms with E-state index < -0.39 is 5.60 Å². The maximum Gasteiger partial charge on any atom is 0.131 e. The molecule has 0 bridgehead atoms. The Bertz CT molecular complexity index is 775. The lowest BCUT2D eigenvalue weighted by Crippen LogP contribution is -2.30. The Balaban J connectivity index is 2.04. The first kappa shape index (κ1) is 15.1. The van der Waals surface area contributed by atoms with Crippen molar-refractivity contribution >= 4 is 0 Å². The minimum atomic E-state index is -1.34. The summed E-state index contributed by atoms with van der Waals surface area (Å²) in [6.07, 6.45) is 0.359. The zero-order valence-electron chi connectivity index (χ0n) is 12.9. The van der Waals surface area contributed by atoms with Gasteiger partial charge in [-0.25, -0.2) is 0 Å². The first-order valence-electron chi connectivity index (χ1n) is 7.42. The quantitative estimate of drug-likeness (QED) is 0.914. The Kier molecular flexibility index (Phi) is 3.81. The van der Waals surface area contributed by atoms with Crippen molar-refractivity contribution < 1.29 is 9.84 Å². The summed E-state index contributed by atoms with van der Waals surface area (Å²) in [7, 11) is 1.59. The van der Waals surface area contributed by atoms with Crippen LogP contribution in [0.15, 0.2) is 65.9 Å². The van der Waals surface area contributed by atoms with E-state index in [9.17, 15) is 10.4 Å². The number of nitrogens with zero attached hydrogens (tertiary/aromatic N) is 1. The number of allylic oxidation sites excluding steroid dienone is 1. The molecule has 2 atom stereocenters. The number of hydrogen-bond acceptors (Lipinski definition) is 4. The van der Waals surface area contributed by atoms with E-state index in [4.69, 9.17) is 10.5 Å². The van der Waals surface area contributed by atoms with Crippen LogP contribution in [0.1, 0.15) is 23.5 Å². The second-order valence-electron chi connectivity index (χ2n) is 5.70. The van der Waals surface area contributed by atoms with Crippen LogP contribution in [0.25, 0.3) is 0 Å². The lowest BCUT2D eigenvalue weighted by Gasteiger charge is -2.25. The monoisotopic (exact) mass is 306 g/mol. The molecule has 0 spiro atoms. The minimum absolute atomic E-state index is 0.201. The molecule has 0 saturated heterocycles. The molecule has 1 aliphatic carbocycles. The molecule has 23 heavy (non-hydrogen) atoms. The van der Waals surface area contributed by atoms with E-state index in [1.165, 1.54) is 0 Å². The largest absolute Gasteiger partial charge is 0.497 e. The fourth-order valence-corrected chi connectivity index (χ4v) is 3.17. The van der Waals surface area contributed by atoms with E-state index in [1.54, 1.807) is 31.4 Å². The highest BCUT2D eigenvalue weighted by atomic mass is 16.5. The van der Waals surface area contributed by atoms with Gasteiger partial charge in [-0.3, -0.25) is 0 Å². The van der Waals surface area contributed by atoms with Gasteiger partial charge in [0.15, 0.2) is 0 Å². The summed E-state index contributed by atoms with van der Waals surface area (Å²) >= 11 is 0. The number of nitrogens with two attached hydrogens (primary N) is 1. The van der Waals surface area contributed by atoms with Crippen molar-refractivity contribution in [1.82, 2.24) is 0 Å². The van der Waals surface area contributed by atoms with E-state index >= 15 is 0 Å². The summed E-state index contributed by atoms with van der Waals surface area (Å²) in [6, 6.07) is 19.0. The third-order valence-electron chi connectivity index (χ3n) is 4.47. The second-order valence-corrected chi connectivity index (χ2v) is 5.70. The van der Waals surface area contributed by atoms with Crippen LogP contribution in [-0.2, 0) is 5.60 Å². The molecule has 0 radical (unpaired) electrons. The van der Waals surface area contributed by atoms with E-state index in [-0.39, 0.29) is 11.6 Å². The highest BCUT2D eigenvalue weighted by Gasteiger charge is 2.45. The van der Waals surface area contributed by atoms with Crippen molar-refractivity contribution in [3.63, 3.8) is 0 Å². The van der Waals surface area contributed by atoms with E-state index in [0.29, 0.717) is 23.3 Å². The topological polar surface area (TPSA) is 79.3 Å². The Morgan fingerprint density at radius 2 is 1.83 bits per heavy atom. The SMILES string of the molecule is COc1ccc([C@@]2(O)C[C@H](c3ccccc3)C(C#N)=C2N)cc1. The molecule has 0 fully saturated rings. The summed E-state index contributed by atoms with van der Waals surface area (Å²) in [5.41, 5.74) is 7.16. The molecular formula is C19H18N2O2. The van der Waals surface area contributed by atoms with Crippen molar-refractivity contribution in [2.75, 3.05) is 7.11 Å². The van der Waals surface area contributed by atoms with Gasteiger partial charge in [0.1, 0.15) is 11.4 Å². The van der Waals surface area contributed by atoms with Gasteiger partial charge in [-0.1, -0.05) is 42.5 Å². The number of rotatable bonds is 3. The van der Waals surface area contributed by atoms with Crippen molar-refractivity contribution in [3.8, 4) is 11.8 Å².